The second-order valence-corrected chi connectivity index (χ2v) is 5.15. The molecule has 5 nitrogen and oxygen atoms in total. The molecule has 7 heteroatoms. The molecule has 0 spiro atoms. The Balaban J connectivity index is 3.61. The summed E-state index contributed by atoms with van der Waals surface area (Å²) < 4.78 is 21.9. The van der Waals surface area contributed by atoms with Gasteiger partial charge in [0.2, 0.25) is 0 Å². The molecule has 0 N–H and O–H groups in total. The van der Waals surface area contributed by atoms with Crippen molar-refractivity contribution in [3.05, 3.63) is 33.9 Å². The molecular formula is C7H6ClNO4S. The number of nitrogens with zero attached hydrogens (tertiary/aromatic N) is 1. The highest BCUT2D eigenvalue weighted by Gasteiger charge is 2.25. The Kier molecular flexibility index (Phi) is 2.77. The molecule has 0 saturated carbocycles. The molecule has 0 aliphatic carbocycles. The Morgan fingerprint density at radius 2 is 2.00 bits per heavy atom. The molecule has 76 valence electrons. The lowest BCUT2D eigenvalue weighted by Crippen LogP contribution is -2.00. The highest BCUT2D eigenvalue weighted by atomic mass is 35.7. The number of nitro groups is 1. The maximum atomic E-state index is 11.0. The van der Waals surface area contributed by atoms with Crippen LogP contribution in [-0.4, -0.2) is 13.3 Å². The van der Waals surface area contributed by atoms with E-state index in [0.29, 0.717) is 0 Å². The zero-order valence-corrected chi connectivity index (χ0v) is 8.67. The van der Waals surface area contributed by atoms with Gasteiger partial charge in [0.05, 0.1) is 4.92 Å². The van der Waals surface area contributed by atoms with Crippen LogP contribution in [0.15, 0.2) is 23.1 Å². The van der Waals surface area contributed by atoms with E-state index in [9.17, 15) is 18.5 Å². The standard InChI is InChI=1S/C7H6ClNO4S/c1-5-3-2-4-6(14(8,12)13)7(5)9(10)11/h2-4H,1H3. The van der Waals surface area contributed by atoms with Gasteiger partial charge in [-0.2, -0.15) is 0 Å². The minimum atomic E-state index is -4.07. The number of benzene rings is 1. The van der Waals surface area contributed by atoms with E-state index in [0.717, 1.165) is 6.07 Å². The van der Waals surface area contributed by atoms with E-state index in [4.69, 9.17) is 10.7 Å². The van der Waals surface area contributed by atoms with Crippen molar-refractivity contribution >= 4 is 25.4 Å². The van der Waals surface area contributed by atoms with E-state index in [-0.39, 0.29) is 5.56 Å². The molecule has 0 aliphatic rings. The number of hydrogen-bond donors (Lipinski definition) is 0. The van der Waals surface area contributed by atoms with Gasteiger partial charge in [0.1, 0.15) is 0 Å². The van der Waals surface area contributed by atoms with Crippen molar-refractivity contribution in [2.75, 3.05) is 0 Å². The Hall–Kier alpha value is -1.14. The average Bonchev–Trinajstić information content (AvgIpc) is 2.01. The van der Waals surface area contributed by atoms with Crippen LogP contribution < -0.4 is 0 Å². The molecule has 0 heterocycles. The number of para-hydroxylation sites is 1. The van der Waals surface area contributed by atoms with Crippen LogP contribution in [0.4, 0.5) is 5.69 Å². The maximum Gasteiger partial charge on any atom is 0.292 e. The fourth-order valence-electron chi connectivity index (χ4n) is 1.06. The third-order valence-corrected chi connectivity index (χ3v) is 3.00. The van der Waals surface area contributed by atoms with Gasteiger partial charge < -0.3 is 0 Å². The zero-order chi connectivity index (χ0) is 10.9. The van der Waals surface area contributed by atoms with Crippen molar-refractivity contribution in [3.8, 4) is 0 Å². The molecule has 0 aliphatic heterocycles. The average molecular weight is 236 g/mol. The molecule has 0 fully saturated rings. The molecular weight excluding hydrogens is 230 g/mol. The van der Waals surface area contributed by atoms with Gasteiger partial charge in [-0.3, -0.25) is 10.1 Å². The molecule has 1 aromatic rings. The highest BCUT2D eigenvalue weighted by Crippen LogP contribution is 2.29. The SMILES string of the molecule is Cc1cccc(S(=O)(=O)Cl)c1[N+](=O)[O-]. The summed E-state index contributed by atoms with van der Waals surface area (Å²) in [4.78, 5) is 9.34. The summed E-state index contributed by atoms with van der Waals surface area (Å²) in [7, 11) is 0.977. The summed E-state index contributed by atoms with van der Waals surface area (Å²) in [6.07, 6.45) is 0. The number of aryl methyl sites for hydroxylation is 1. The largest absolute Gasteiger partial charge is 0.292 e. The second-order valence-electron chi connectivity index (χ2n) is 2.62. The minimum absolute atomic E-state index is 0.261. The summed E-state index contributed by atoms with van der Waals surface area (Å²) in [5.74, 6) is 0. The van der Waals surface area contributed by atoms with Gasteiger partial charge >= 0.3 is 0 Å². The number of hydrogen-bond acceptors (Lipinski definition) is 4. The van der Waals surface area contributed by atoms with E-state index in [1.807, 2.05) is 0 Å². The minimum Gasteiger partial charge on any atom is -0.258 e. The van der Waals surface area contributed by atoms with Gasteiger partial charge in [-0.15, -0.1) is 0 Å². The van der Waals surface area contributed by atoms with Crippen molar-refractivity contribution in [3.63, 3.8) is 0 Å². The van der Waals surface area contributed by atoms with E-state index < -0.39 is 24.6 Å². The molecule has 14 heavy (non-hydrogen) atoms. The lowest BCUT2D eigenvalue weighted by molar-refractivity contribution is -0.388. The van der Waals surface area contributed by atoms with Crippen molar-refractivity contribution < 1.29 is 13.3 Å². The van der Waals surface area contributed by atoms with Gasteiger partial charge in [0.15, 0.2) is 4.90 Å². The third-order valence-electron chi connectivity index (χ3n) is 1.65. The Morgan fingerprint density at radius 1 is 1.43 bits per heavy atom. The van der Waals surface area contributed by atoms with Crippen LogP contribution in [0.1, 0.15) is 5.56 Å². The number of nitro benzene ring substituents is 1. The summed E-state index contributed by atoms with van der Waals surface area (Å²) in [5, 5.41) is 10.6. The van der Waals surface area contributed by atoms with Gasteiger partial charge in [-0.1, -0.05) is 12.1 Å². The lowest BCUT2D eigenvalue weighted by Gasteiger charge is -2.00. The van der Waals surface area contributed by atoms with Crippen LogP contribution in [0.5, 0.6) is 0 Å². The fourth-order valence-corrected chi connectivity index (χ4v) is 2.14. The molecule has 0 amide bonds. The van der Waals surface area contributed by atoms with Crippen molar-refractivity contribution in [2.24, 2.45) is 0 Å². The smallest absolute Gasteiger partial charge is 0.258 e. The van der Waals surface area contributed by atoms with Crippen molar-refractivity contribution in [2.45, 2.75) is 11.8 Å². The molecule has 0 aromatic heterocycles. The summed E-state index contributed by atoms with van der Waals surface area (Å²) >= 11 is 0. The van der Waals surface area contributed by atoms with Crippen LogP contribution in [0.3, 0.4) is 0 Å². The molecule has 0 radical (unpaired) electrons. The predicted octanol–water partition coefficient (Wildman–Crippen LogP) is 1.83. The first-order valence-electron chi connectivity index (χ1n) is 3.52. The van der Waals surface area contributed by atoms with Gasteiger partial charge in [-0.05, 0) is 13.0 Å². The van der Waals surface area contributed by atoms with Gasteiger partial charge in [0, 0.05) is 16.2 Å². The van der Waals surface area contributed by atoms with E-state index in [1.54, 1.807) is 0 Å². The first kappa shape index (κ1) is 10.9. The molecule has 0 atom stereocenters. The van der Waals surface area contributed by atoms with Gasteiger partial charge in [-0.25, -0.2) is 8.42 Å². The van der Waals surface area contributed by atoms with Crippen molar-refractivity contribution in [1.29, 1.82) is 0 Å². The Morgan fingerprint density at radius 3 is 2.36 bits per heavy atom. The lowest BCUT2D eigenvalue weighted by atomic mass is 10.2. The second kappa shape index (κ2) is 3.55. The topological polar surface area (TPSA) is 77.3 Å². The number of halogens is 1. The summed E-state index contributed by atoms with van der Waals surface area (Å²) in [5.41, 5.74) is -0.209. The third kappa shape index (κ3) is 2.02. The highest BCUT2D eigenvalue weighted by molar-refractivity contribution is 8.13. The monoisotopic (exact) mass is 235 g/mol. The molecule has 0 bridgehead atoms. The van der Waals surface area contributed by atoms with Crippen molar-refractivity contribution in [1.82, 2.24) is 0 Å². The first-order chi connectivity index (χ1) is 6.34. The Bertz CT molecular complexity index is 482. The summed E-state index contributed by atoms with van der Waals surface area (Å²) in [6.45, 7) is 1.45. The van der Waals surface area contributed by atoms with E-state index >= 15 is 0 Å². The van der Waals surface area contributed by atoms with Gasteiger partial charge in [0.25, 0.3) is 14.7 Å². The maximum absolute atomic E-state index is 11.0. The summed E-state index contributed by atoms with van der Waals surface area (Å²) in [6, 6.07) is 3.95. The van der Waals surface area contributed by atoms with Crippen LogP contribution in [-0.2, 0) is 9.05 Å². The van der Waals surface area contributed by atoms with Crippen LogP contribution >= 0.6 is 10.7 Å². The first-order valence-corrected chi connectivity index (χ1v) is 5.83. The van der Waals surface area contributed by atoms with E-state index in [2.05, 4.69) is 0 Å². The Labute approximate surface area is 84.9 Å². The fraction of sp³-hybridized carbons (Fsp3) is 0.143. The molecule has 1 rings (SSSR count). The van der Waals surface area contributed by atoms with Crippen LogP contribution in [0, 0.1) is 17.0 Å². The normalized spacial score (nSPS) is 11.3. The van der Waals surface area contributed by atoms with Crippen LogP contribution in [0.2, 0.25) is 0 Å². The molecule has 0 saturated heterocycles. The predicted molar refractivity (Wildman–Crippen MR) is 50.9 cm³/mol. The molecule has 1 aromatic carbocycles. The molecule has 0 unspecified atom stereocenters. The quantitative estimate of drug-likeness (QED) is 0.445. The van der Waals surface area contributed by atoms with E-state index in [1.165, 1.54) is 19.1 Å². The van der Waals surface area contributed by atoms with Crippen LogP contribution in [0.25, 0.3) is 0 Å². The number of rotatable bonds is 2. The zero-order valence-electron chi connectivity index (χ0n) is 7.10.